The first-order valence-corrected chi connectivity index (χ1v) is 10.5. The molecule has 0 aliphatic heterocycles. The molecule has 2 aliphatic rings. The molecule has 2 aromatic carbocycles. The van der Waals surface area contributed by atoms with Crippen molar-refractivity contribution >= 4 is 16.9 Å². The molecule has 1 atom stereocenters. The van der Waals surface area contributed by atoms with Gasteiger partial charge in [0.15, 0.2) is 0 Å². The Morgan fingerprint density at radius 3 is 2.77 bits per heavy atom. The van der Waals surface area contributed by atoms with E-state index in [9.17, 15) is 4.79 Å². The number of carbonyl (C=O) groups is 1. The lowest BCUT2D eigenvalue weighted by Gasteiger charge is -2.11. The number of rotatable bonds is 6. The zero-order valence-electron chi connectivity index (χ0n) is 17.0. The van der Waals surface area contributed by atoms with Gasteiger partial charge in [0.1, 0.15) is 18.2 Å². The highest BCUT2D eigenvalue weighted by Gasteiger charge is 2.23. The van der Waals surface area contributed by atoms with Crippen molar-refractivity contribution in [1.82, 2.24) is 15.3 Å². The number of H-pyrrole nitrogens is 1. The van der Waals surface area contributed by atoms with E-state index in [4.69, 9.17) is 10.00 Å². The molecule has 0 spiro atoms. The summed E-state index contributed by atoms with van der Waals surface area (Å²) >= 11 is 0. The second-order valence-electron chi connectivity index (χ2n) is 7.99. The summed E-state index contributed by atoms with van der Waals surface area (Å²) in [6.45, 7) is 0.464. The molecule has 0 radical (unpaired) electrons. The van der Waals surface area contributed by atoms with E-state index < -0.39 is 0 Å². The maximum absolute atomic E-state index is 12.2. The molecule has 6 heteroatoms. The van der Waals surface area contributed by atoms with Gasteiger partial charge < -0.3 is 15.0 Å². The molecule has 6 nitrogen and oxygen atoms in total. The molecule has 2 N–H and O–H groups in total. The summed E-state index contributed by atoms with van der Waals surface area (Å²) in [5, 5.41) is 12.0. The zero-order valence-corrected chi connectivity index (χ0v) is 17.0. The Morgan fingerprint density at radius 1 is 1.23 bits per heavy atom. The van der Waals surface area contributed by atoms with Crippen LogP contribution in [0.2, 0.25) is 0 Å². The molecule has 0 saturated heterocycles. The number of nitrogens with zero attached hydrogens (tertiary/aromatic N) is 2. The Bertz CT molecular complexity index is 1230. The SMILES string of the molecule is N#CC1C=CC(COc2ccc3nc(-c4ccc(C(=O)NC5CC5)cc4)[nH]c3c2)=CC1. The number of nitrogens with one attached hydrogen (secondary N) is 2. The Hall–Kier alpha value is -3.85. The van der Waals surface area contributed by atoms with Crippen molar-refractivity contribution in [3.63, 3.8) is 0 Å². The number of carbonyl (C=O) groups excluding carboxylic acids is 1. The first kappa shape index (κ1) is 19.1. The zero-order chi connectivity index (χ0) is 21.2. The maximum atomic E-state index is 12.2. The number of fused-ring (bicyclic) bond motifs is 1. The average molecular weight is 410 g/mol. The van der Waals surface area contributed by atoms with Crippen LogP contribution in [0.1, 0.15) is 29.6 Å². The monoisotopic (exact) mass is 410 g/mol. The fourth-order valence-electron chi connectivity index (χ4n) is 3.53. The fraction of sp³-hybridized carbons (Fsp3) is 0.240. The summed E-state index contributed by atoms with van der Waals surface area (Å²) in [7, 11) is 0. The van der Waals surface area contributed by atoms with E-state index in [0.717, 1.165) is 53.0 Å². The summed E-state index contributed by atoms with van der Waals surface area (Å²) in [5.74, 6) is 1.45. The van der Waals surface area contributed by atoms with Crippen molar-refractivity contribution in [3.8, 4) is 23.2 Å². The predicted octanol–water partition coefficient (Wildman–Crippen LogP) is 4.53. The van der Waals surface area contributed by atoms with Gasteiger partial charge in [-0.2, -0.15) is 5.26 Å². The summed E-state index contributed by atoms with van der Waals surface area (Å²) in [6.07, 6.45) is 8.81. The number of ether oxygens (including phenoxy) is 1. The summed E-state index contributed by atoms with van der Waals surface area (Å²) in [4.78, 5) is 20.2. The Morgan fingerprint density at radius 2 is 2.06 bits per heavy atom. The van der Waals surface area contributed by atoms with Crippen LogP contribution in [0, 0.1) is 17.2 Å². The smallest absolute Gasteiger partial charge is 0.251 e. The van der Waals surface area contributed by atoms with E-state index in [1.807, 2.05) is 54.6 Å². The third-order valence-electron chi connectivity index (χ3n) is 5.53. The first-order chi connectivity index (χ1) is 15.2. The van der Waals surface area contributed by atoms with Gasteiger partial charge in [-0.25, -0.2) is 4.98 Å². The molecular formula is C25H22N4O2. The van der Waals surface area contributed by atoms with Crippen LogP contribution in [-0.4, -0.2) is 28.5 Å². The topological polar surface area (TPSA) is 90.8 Å². The van der Waals surface area contributed by atoms with Crippen molar-refractivity contribution in [2.75, 3.05) is 6.61 Å². The summed E-state index contributed by atoms with van der Waals surface area (Å²) in [6, 6.07) is 15.9. The van der Waals surface area contributed by atoms with Gasteiger partial charge >= 0.3 is 0 Å². The van der Waals surface area contributed by atoms with Gasteiger partial charge in [-0.05, 0) is 49.1 Å². The Kier molecular flexibility index (Phi) is 5.01. The minimum absolute atomic E-state index is 0.0217. The van der Waals surface area contributed by atoms with E-state index in [2.05, 4.69) is 27.4 Å². The van der Waals surface area contributed by atoms with Gasteiger partial charge in [-0.3, -0.25) is 4.79 Å². The van der Waals surface area contributed by atoms with Crippen LogP contribution in [0.5, 0.6) is 5.75 Å². The van der Waals surface area contributed by atoms with Gasteiger partial charge in [-0.15, -0.1) is 0 Å². The number of aromatic amines is 1. The number of aromatic nitrogens is 2. The second-order valence-corrected chi connectivity index (χ2v) is 7.99. The molecule has 2 aliphatic carbocycles. The van der Waals surface area contributed by atoms with E-state index in [-0.39, 0.29) is 11.8 Å². The van der Waals surface area contributed by atoms with Crippen LogP contribution >= 0.6 is 0 Å². The summed E-state index contributed by atoms with van der Waals surface area (Å²) in [5.41, 5.74) is 4.40. The second kappa shape index (κ2) is 8.11. The van der Waals surface area contributed by atoms with Gasteiger partial charge in [0.05, 0.1) is 23.0 Å². The minimum Gasteiger partial charge on any atom is -0.489 e. The lowest BCUT2D eigenvalue weighted by molar-refractivity contribution is 0.0951. The third-order valence-corrected chi connectivity index (χ3v) is 5.53. The van der Waals surface area contributed by atoms with Crippen molar-refractivity contribution in [3.05, 3.63) is 71.8 Å². The van der Waals surface area contributed by atoms with Crippen LogP contribution in [0.15, 0.2) is 66.3 Å². The summed E-state index contributed by atoms with van der Waals surface area (Å²) < 4.78 is 5.92. The molecule has 5 rings (SSSR count). The molecule has 31 heavy (non-hydrogen) atoms. The molecule has 1 unspecified atom stereocenters. The molecule has 1 amide bonds. The molecule has 1 saturated carbocycles. The van der Waals surface area contributed by atoms with E-state index in [1.54, 1.807) is 0 Å². The number of benzene rings is 2. The first-order valence-electron chi connectivity index (χ1n) is 10.5. The van der Waals surface area contributed by atoms with Crippen LogP contribution < -0.4 is 10.1 Å². The van der Waals surface area contributed by atoms with Gasteiger partial charge in [0.2, 0.25) is 0 Å². The van der Waals surface area contributed by atoms with Crippen molar-refractivity contribution < 1.29 is 9.53 Å². The molecule has 3 aromatic rings. The van der Waals surface area contributed by atoms with Crippen molar-refractivity contribution in [2.24, 2.45) is 5.92 Å². The fourth-order valence-corrected chi connectivity index (χ4v) is 3.53. The molecule has 0 bridgehead atoms. The van der Waals surface area contributed by atoms with E-state index in [0.29, 0.717) is 18.2 Å². The van der Waals surface area contributed by atoms with Crippen LogP contribution in [0.4, 0.5) is 0 Å². The van der Waals surface area contributed by atoms with E-state index >= 15 is 0 Å². The van der Waals surface area contributed by atoms with Gasteiger partial charge in [0.25, 0.3) is 5.91 Å². The highest BCUT2D eigenvalue weighted by atomic mass is 16.5. The van der Waals surface area contributed by atoms with Crippen LogP contribution in [-0.2, 0) is 0 Å². The quantitative estimate of drug-likeness (QED) is 0.625. The number of hydrogen-bond donors (Lipinski definition) is 2. The predicted molar refractivity (Wildman–Crippen MR) is 118 cm³/mol. The molecular weight excluding hydrogens is 388 g/mol. The largest absolute Gasteiger partial charge is 0.489 e. The van der Waals surface area contributed by atoms with Crippen molar-refractivity contribution in [1.29, 1.82) is 5.26 Å². The average Bonchev–Trinajstić information content (AvgIpc) is 3.52. The number of nitriles is 1. The molecule has 1 aromatic heterocycles. The van der Waals surface area contributed by atoms with Crippen LogP contribution in [0.25, 0.3) is 22.4 Å². The van der Waals surface area contributed by atoms with Gasteiger partial charge in [0, 0.05) is 23.2 Å². The minimum atomic E-state index is -0.0369. The number of amides is 1. The normalized spacial score (nSPS) is 17.8. The molecule has 1 heterocycles. The third kappa shape index (κ3) is 4.36. The number of hydrogen-bond acceptors (Lipinski definition) is 4. The Labute approximate surface area is 180 Å². The highest BCUT2D eigenvalue weighted by Crippen LogP contribution is 2.25. The number of imidazole rings is 1. The molecule has 154 valence electrons. The maximum Gasteiger partial charge on any atom is 0.251 e. The van der Waals surface area contributed by atoms with Crippen LogP contribution in [0.3, 0.4) is 0 Å². The van der Waals surface area contributed by atoms with E-state index in [1.165, 1.54) is 0 Å². The standard InChI is InChI=1S/C25H22N4O2/c26-14-16-1-3-17(4-2-16)15-31-21-11-12-22-23(13-21)29-24(28-22)18-5-7-19(8-6-18)25(30)27-20-9-10-20/h1,3-8,11-13,16,20H,2,9-10,15H2,(H,27,30)(H,28,29). The van der Waals surface area contributed by atoms with Gasteiger partial charge in [-0.1, -0.05) is 30.4 Å². The highest BCUT2D eigenvalue weighted by molar-refractivity contribution is 5.95. The Balaban J connectivity index is 1.27. The number of allylic oxidation sites excluding steroid dienone is 2. The van der Waals surface area contributed by atoms with Crippen molar-refractivity contribution in [2.45, 2.75) is 25.3 Å². The molecule has 1 fully saturated rings. The lowest BCUT2D eigenvalue weighted by atomic mass is 9.98. The lowest BCUT2D eigenvalue weighted by Crippen LogP contribution is -2.25.